The maximum atomic E-state index is 6.45. The van der Waals surface area contributed by atoms with Crippen LogP contribution in [0.15, 0.2) is 24.3 Å². The van der Waals surface area contributed by atoms with Crippen LogP contribution in [0.25, 0.3) is 0 Å². The van der Waals surface area contributed by atoms with Gasteiger partial charge in [0.15, 0.2) is 0 Å². The minimum absolute atomic E-state index is 0.156. The van der Waals surface area contributed by atoms with Crippen molar-refractivity contribution in [2.24, 2.45) is 11.1 Å². The summed E-state index contributed by atoms with van der Waals surface area (Å²) in [5.74, 6) is 0. The van der Waals surface area contributed by atoms with Gasteiger partial charge >= 0.3 is 0 Å². The Morgan fingerprint density at radius 3 is 2.65 bits per heavy atom. The number of benzene rings is 1. The Hall–Kier alpha value is -0.900. The molecule has 20 heavy (non-hydrogen) atoms. The van der Waals surface area contributed by atoms with E-state index in [1.807, 2.05) is 0 Å². The molecule has 0 amide bonds. The van der Waals surface area contributed by atoms with Crippen molar-refractivity contribution in [3.05, 3.63) is 35.4 Å². The second-order valence-electron chi connectivity index (χ2n) is 6.77. The molecule has 1 saturated heterocycles. The second-order valence-corrected chi connectivity index (χ2v) is 6.77. The van der Waals surface area contributed by atoms with Crippen molar-refractivity contribution in [3.63, 3.8) is 0 Å². The highest BCUT2D eigenvalue weighted by Crippen LogP contribution is 2.49. The predicted octanol–water partition coefficient (Wildman–Crippen LogP) is 2.16. The van der Waals surface area contributed by atoms with E-state index in [-0.39, 0.29) is 6.04 Å². The molecule has 3 aliphatic rings. The topological polar surface area (TPSA) is 47.3 Å². The molecule has 0 radical (unpaired) electrons. The minimum atomic E-state index is 0.156. The van der Waals surface area contributed by atoms with Crippen LogP contribution in [0, 0.1) is 5.41 Å². The van der Waals surface area contributed by atoms with Crippen LogP contribution >= 0.6 is 0 Å². The van der Waals surface area contributed by atoms with Gasteiger partial charge in [0.25, 0.3) is 0 Å². The van der Waals surface area contributed by atoms with Crippen LogP contribution in [0.2, 0.25) is 0 Å². The molecule has 2 aliphatic carbocycles. The molecule has 108 valence electrons. The van der Waals surface area contributed by atoms with E-state index in [4.69, 9.17) is 10.5 Å². The van der Waals surface area contributed by atoms with Crippen molar-refractivity contribution >= 4 is 0 Å². The number of nitrogens with two attached hydrogens (primary N) is 1. The lowest BCUT2D eigenvalue weighted by Crippen LogP contribution is -2.59. The molecule has 1 spiro atoms. The molecule has 1 saturated carbocycles. The molecule has 1 aromatic carbocycles. The molecule has 1 aliphatic heterocycles. The first-order chi connectivity index (χ1) is 9.78. The summed E-state index contributed by atoms with van der Waals surface area (Å²) in [5.41, 5.74) is 9.72. The molecule has 4 rings (SSSR count). The van der Waals surface area contributed by atoms with Gasteiger partial charge in [-0.1, -0.05) is 24.3 Å². The molecule has 3 nitrogen and oxygen atoms in total. The van der Waals surface area contributed by atoms with Gasteiger partial charge in [-0.25, -0.2) is 0 Å². The third-order valence-electron chi connectivity index (χ3n) is 5.86. The zero-order valence-corrected chi connectivity index (χ0v) is 12.0. The van der Waals surface area contributed by atoms with E-state index in [1.165, 1.54) is 36.8 Å². The molecular formula is C17H24N2O. The van der Waals surface area contributed by atoms with Crippen molar-refractivity contribution in [2.75, 3.05) is 13.2 Å². The van der Waals surface area contributed by atoms with Crippen LogP contribution in [0.1, 0.15) is 42.9 Å². The van der Waals surface area contributed by atoms with Crippen molar-refractivity contribution in [1.82, 2.24) is 5.32 Å². The zero-order chi connectivity index (χ0) is 13.6. The number of nitrogens with one attached hydrogen (secondary N) is 1. The summed E-state index contributed by atoms with van der Waals surface area (Å²) < 4.78 is 5.54. The summed E-state index contributed by atoms with van der Waals surface area (Å²) in [6.45, 7) is 1.88. The number of rotatable bonds is 2. The van der Waals surface area contributed by atoms with E-state index in [0.717, 1.165) is 19.6 Å². The lowest BCUT2D eigenvalue weighted by atomic mass is 9.60. The van der Waals surface area contributed by atoms with E-state index in [2.05, 4.69) is 29.6 Å². The summed E-state index contributed by atoms with van der Waals surface area (Å²) in [6.07, 6.45) is 6.20. The summed E-state index contributed by atoms with van der Waals surface area (Å²) in [6, 6.07) is 9.86. The smallest absolute Gasteiger partial charge is 0.0471 e. The largest absolute Gasteiger partial charge is 0.381 e. The monoisotopic (exact) mass is 272 g/mol. The van der Waals surface area contributed by atoms with E-state index < -0.39 is 0 Å². The van der Waals surface area contributed by atoms with Crippen LogP contribution in [0.5, 0.6) is 0 Å². The van der Waals surface area contributed by atoms with Crippen LogP contribution in [-0.4, -0.2) is 25.3 Å². The van der Waals surface area contributed by atoms with Crippen LogP contribution < -0.4 is 11.1 Å². The lowest BCUT2D eigenvalue weighted by molar-refractivity contribution is -0.0581. The van der Waals surface area contributed by atoms with Crippen LogP contribution in [0.3, 0.4) is 0 Å². The van der Waals surface area contributed by atoms with Crippen molar-refractivity contribution in [2.45, 2.75) is 50.2 Å². The van der Waals surface area contributed by atoms with Gasteiger partial charge in [-0.05, 0) is 48.6 Å². The molecule has 0 bridgehead atoms. The first kappa shape index (κ1) is 12.8. The number of hydrogen-bond acceptors (Lipinski definition) is 3. The van der Waals surface area contributed by atoms with Crippen LogP contribution in [-0.2, 0) is 11.2 Å². The number of hydrogen-bond donors (Lipinski definition) is 2. The van der Waals surface area contributed by atoms with Gasteiger partial charge in [-0.3, -0.25) is 0 Å². The van der Waals surface area contributed by atoms with Gasteiger partial charge in [0.2, 0.25) is 0 Å². The van der Waals surface area contributed by atoms with E-state index in [0.29, 0.717) is 17.5 Å². The average molecular weight is 272 g/mol. The zero-order valence-electron chi connectivity index (χ0n) is 12.0. The van der Waals surface area contributed by atoms with Gasteiger partial charge in [0.1, 0.15) is 0 Å². The molecule has 1 aromatic rings. The van der Waals surface area contributed by atoms with Gasteiger partial charge in [-0.2, -0.15) is 0 Å². The maximum absolute atomic E-state index is 6.45. The molecule has 2 fully saturated rings. The fourth-order valence-electron chi connectivity index (χ4n) is 4.38. The third kappa shape index (κ3) is 1.92. The van der Waals surface area contributed by atoms with Crippen molar-refractivity contribution in [3.8, 4) is 0 Å². The molecule has 1 unspecified atom stereocenters. The predicted molar refractivity (Wildman–Crippen MR) is 79.5 cm³/mol. The molecule has 3 N–H and O–H groups in total. The van der Waals surface area contributed by atoms with Crippen molar-refractivity contribution in [1.29, 1.82) is 0 Å². The quantitative estimate of drug-likeness (QED) is 0.867. The summed E-state index contributed by atoms with van der Waals surface area (Å²) in [5, 5.41) is 3.89. The molecule has 3 heteroatoms. The van der Waals surface area contributed by atoms with Crippen molar-refractivity contribution < 1.29 is 4.74 Å². The highest BCUT2D eigenvalue weighted by molar-refractivity contribution is 5.37. The SMILES string of the molecule is N[C@@H]1c2ccccc2C[C@H]1NC1CCC12CCOCC2. The van der Waals surface area contributed by atoms with E-state index >= 15 is 0 Å². The summed E-state index contributed by atoms with van der Waals surface area (Å²) >= 11 is 0. The average Bonchev–Trinajstić information content (AvgIpc) is 2.81. The Balaban J connectivity index is 1.46. The number of fused-ring (bicyclic) bond motifs is 1. The highest BCUT2D eigenvalue weighted by atomic mass is 16.5. The Morgan fingerprint density at radius 2 is 1.95 bits per heavy atom. The van der Waals surface area contributed by atoms with Crippen LogP contribution in [0.4, 0.5) is 0 Å². The minimum Gasteiger partial charge on any atom is -0.381 e. The first-order valence-electron chi connectivity index (χ1n) is 7.96. The Kier molecular flexibility index (Phi) is 3.09. The Bertz CT molecular complexity index is 496. The maximum Gasteiger partial charge on any atom is 0.0471 e. The lowest BCUT2D eigenvalue weighted by Gasteiger charge is -2.53. The van der Waals surface area contributed by atoms with E-state index in [1.54, 1.807) is 0 Å². The van der Waals surface area contributed by atoms with Gasteiger partial charge < -0.3 is 15.8 Å². The standard InChI is InChI=1S/C17H24N2O/c18-16-13-4-2-1-3-12(13)11-14(16)19-15-5-6-17(15)7-9-20-10-8-17/h1-4,14-16,19H,5-11,18H2/t14-,15?,16-/m1/s1. The third-order valence-corrected chi connectivity index (χ3v) is 5.86. The van der Waals surface area contributed by atoms with Gasteiger partial charge in [0.05, 0.1) is 0 Å². The molecule has 3 atom stereocenters. The van der Waals surface area contributed by atoms with E-state index in [9.17, 15) is 0 Å². The first-order valence-corrected chi connectivity index (χ1v) is 7.96. The van der Waals surface area contributed by atoms with Gasteiger partial charge in [0, 0.05) is 31.3 Å². The summed E-state index contributed by atoms with van der Waals surface area (Å²) in [4.78, 5) is 0. The fraction of sp³-hybridized carbons (Fsp3) is 0.647. The highest BCUT2D eigenvalue weighted by Gasteiger charge is 2.48. The number of ether oxygens (including phenoxy) is 1. The molecular weight excluding hydrogens is 248 g/mol. The van der Waals surface area contributed by atoms with Gasteiger partial charge in [-0.15, -0.1) is 0 Å². The summed E-state index contributed by atoms with van der Waals surface area (Å²) in [7, 11) is 0. The fourth-order valence-corrected chi connectivity index (χ4v) is 4.38. The normalized spacial score (nSPS) is 34.8. The molecule has 0 aromatic heterocycles. The Labute approximate surface area is 120 Å². The molecule has 1 heterocycles. The second kappa shape index (κ2) is 4.83. The Morgan fingerprint density at radius 1 is 1.15 bits per heavy atom.